The lowest BCUT2D eigenvalue weighted by Crippen LogP contribution is -1.98. The van der Waals surface area contributed by atoms with Gasteiger partial charge in [-0.3, -0.25) is 0 Å². The highest BCUT2D eigenvalue weighted by molar-refractivity contribution is 5.28. The van der Waals surface area contributed by atoms with Crippen LogP contribution in [0.5, 0.6) is 0 Å². The van der Waals surface area contributed by atoms with Crippen LogP contribution in [-0.2, 0) is 0 Å². The Kier molecular flexibility index (Phi) is 2.86. The molecule has 0 spiro atoms. The van der Waals surface area contributed by atoms with E-state index in [1.807, 2.05) is 0 Å². The average molecular weight is 154 g/mol. The highest BCUT2D eigenvalue weighted by Gasteiger charge is 2.07. The molecule has 62 valence electrons. The van der Waals surface area contributed by atoms with Crippen molar-refractivity contribution >= 4 is 0 Å². The normalized spacial score (nSPS) is 20.6. The van der Waals surface area contributed by atoms with E-state index in [0.29, 0.717) is 6.42 Å². The summed E-state index contributed by atoms with van der Waals surface area (Å²) in [5.74, 6) is 0. The van der Waals surface area contributed by atoms with E-state index >= 15 is 0 Å². The SMILES string of the molecule is CC1=C(CC(C)F)C=CCC1. The number of hydrogen-bond donors (Lipinski definition) is 0. The van der Waals surface area contributed by atoms with Crippen molar-refractivity contribution in [3.8, 4) is 0 Å². The zero-order valence-corrected chi connectivity index (χ0v) is 7.23. The second-order valence-corrected chi connectivity index (χ2v) is 3.23. The van der Waals surface area contributed by atoms with Crippen LogP contribution >= 0.6 is 0 Å². The standard InChI is InChI=1S/C10H15F/c1-8-5-3-4-6-10(8)7-9(2)11/h4,6,9H,3,5,7H2,1-2H3. The number of allylic oxidation sites excluding steroid dienone is 4. The molecule has 1 aliphatic rings. The van der Waals surface area contributed by atoms with E-state index in [-0.39, 0.29) is 0 Å². The molecule has 0 fully saturated rings. The molecule has 0 N–H and O–H groups in total. The maximum absolute atomic E-state index is 12.6. The molecule has 1 unspecified atom stereocenters. The number of hydrogen-bond acceptors (Lipinski definition) is 0. The van der Waals surface area contributed by atoms with Gasteiger partial charge in [-0.05, 0) is 32.3 Å². The third kappa shape index (κ3) is 2.49. The van der Waals surface area contributed by atoms with Gasteiger partial charge in [0.1, 0.15) is 6.17 Å². The van der Waals surface area contributed by atoms with Crippen molar-refractivity contribution < 1.29 is 4.39 Å². The number of alkyl halides is 1. The lowest BCUT2D eigenvalue weighted by atomic mass is 9.95. The zero-order valence-electron chi connectivity index (χ0n) is 7.23. The minimum atomic E-state index is -0.706. The number of rotatable bonds is 2. The predicted molar refractivity (Wildman–Crippen MR) is 46.3 cm³/mol. The van der Waals surface area contributed by atoms with Crippen LogP contribution in [-0.4, -0.2) is 6.17 Å². The molecule has 0 amide bonds. The largest absolute Gasteiger partial charge is 0.247 e. The Bertz CT molecular complexity index is 187. The summed E-state index contributed by atoms with van der Waals surface area (Å²) in [6.07, 6.45) is 6.30. The molecule has 0 saturated carbocycles. The van der Waals surface area contributed by atoms with Gasteiger partial charge in [-0.25, -0.2) is 4.39 Å². The second kappa shape index (κ2) is 3.70. The van der Waals surface area contributed by atoms with Crippen molar-refractivity contribution in [3.63, 3.8) is 0 Å². The van der Waals surface area contributed by atoms with Gasteiger partial charge in [-0.1, -0.05) is 17.7 Å². The fourth-order valence-electron chi connectivity index (χ4n) is 1.37. The Morgan fingerprint density at radius 3 is 2.91 bits per heavy atom. The summed E-state index contributed by atoms with van der Waals surface area (Å²) >= 11 is 0. The van der Waals surface area contributed by atoms with Crippen LogP contribution in [0, 0.1) is 0 Å². The first-order valence-corrected chi connectivity index (χ1v) is 4.19. The summed E-state index contributed by atoms with van der Waals surface area (Å²) in [6.45, 7) is 3.71. The molecule has 11 heavy (non-hydrogen) atoms. The van der Waals surface area contributed by atoms with Crippen molar-refractivity contribution in [1.82, 2.24) is 0 Å². The van der Waals surface area contributed by atoms with Crippen molar-refractivity contribution in [3.05, 3.63) is 23.3 Å². The van der Waals surface area contributed by atoms with E-state index < -0.39 is 6.17 Å². The molecule has 0 saturated heterocycles. The Balaban J connectivity index is 2.60. The maximum Gasteiger partial charge on any atom is 0.101 e. The monoisotopic (exact) mass is 154 g/mol. The topological polar surface area (TPSA) is 0 Å². The molecular weight excluding hydrogens is 139 g/mol. The molecule has 0 nitrogen and oxygen atoms in total. The highest BCUT2D eigenvalue weighted by Crippen LogP contribution is 2.22. The molecule has 0 aliphatic heterocycles. The van der Waals surface area contributed by atoms with Crippen molar-refractivity contribution in [2.75, 3.05) is 0 Å². The van der Waals surface area contributed by atoms with E-state index in [1.54, 1.807) is 6.92 Å². The molecule has 0 aromatic rings. The van der Waals surface area contributed by atoms with E-state index in [0.717, 1.165) is 12.8 Å². The molecule has 0 heterocycles. The average Bonchev–Trinajstić information content (AvgIpc) is 1.93. The van der Waals surface area contributed by atoms with Crippen LogP contribution in [0.15, 0.2) is 23.3 Å². The van der Waals surface area contributed by atoms with Crippen LogP contribution in [0.1, 0.15) is 33.1 Å². The first-order chi connectivity index (χ1) is 5.20. The Morgan fingerprint density at radius 1 is 1.64 bits per heavy atom. The van der Waals surface area contributed by atoms with Crippen molar-refractivity contribution in [2.45, 2.75) is 39.3 Å². The molecule has 0 bridgehead atoms. The molecule has 0 aromatic carbocycles. The third-order valence-corrected chi connectivity index (χ3v) is 2.05. The van der Waals surface area contributed by atoms with E-state index in [9.17, 15) is 4.39 Å². The molecular formula is C10H15F. The summed E-state index contributed by atoms with van der Waals surface area (Å²) in [5.41, 5.74) is 2.56. The van der Waals surface area contributed by atoms with Crippen LogP contribution in [0.3, 0.4) is 0 Å². The Labute approximate surface area is 67.8 Å². The fraction of sp³-hybridized carbons (Fsp3) is 0.600. The summed E-state index contributed by atoms with van der Waals surface area (Å²) in [4.78, 5) is 0. The van der Waals surface area contributed by atoms with E-state index in [4.69, 9.17) is 0 Å². The summed E-state index contributed by atoms with van der Waals surface area (Å²) in [6, 6.07) is 0. The summed E-state index contributed by atoms with van der Waals surface area (Å²) in [5, 5.41) is 0. The molecule has 0 aromatic heterocycles. The first-order valence-electron chi connectivity index (χ1n) is 4.19. The molecule has 0 radical (unpaired) electrons. The lowest BCUT2D eigenvalue weighted by Gasteiger charge is -2.12. The Morgan fingerprint density at radius 2 is 2.36 bits per heavy atom. The zero-order chi connectivity index (χ0) is 8.27. The van der Waals surface area contributed by atoms with Crippen LogP contribution in [0.4, 0.5) is 4.39 Å². The quantitative estimate of drug-likeness (QED) is 0.571. The first kappa shape index (κ1) is 8.51. The van der Waals surface area contributed by atoms with Gasteiger partial charge in [0.25, 0.3) is 0 Å². The smallest absolute Gasteiger partial charge is 0.101 e. The van der Waals surface area contributed by atoms with Gasteiger partial charge in [0, 0.05) is 6.42 Å². The van der Waals surface area contributed by atoms with Crippen molar-refractivity contribution in [2.24, 2.45) is 0 Å². The van der Waals surface area contributed by atoms with Gasteiger partial charge in [0.05, 0.1) is 0 Å². The lowest BCUT2D eigenvalue weighted by molar-refractivity contribution is 0.360. The molecule has 1 aliphatic carbocycles. The fourth-order valence-corrected chi connectivity index (χ4v) is 1.37. The predicted octanol–water partition coefficient (Wildman–Crippen LogP) is 3.40. The van der Waals surface area contributed by atoms with E-state index in [1.165, 1.54) is 11.1 Å². The van der Waals surface area contributed by atoms with Crippen LogP contribution < -0.4 is 0 Å². The van der Waals surface area contributed by atoms with Crippen LogP contribution in [0.2, 0.25) is 0 Å². The minimum Gasteiger partial charge on any atom is -0.247 e. The minimum absolute atomic E-state index is 0.586. The molecule has 1 rings (SSSR count). The number of halogens is 1. The van der Waals surface area contributed by atoms with Crippen molar-refractivity contribution in [1.29, 1.82) is 0 Å². The Hall–Kier alpha value is -0.590. The molecule has 1 atom stereocenters. The van der Waals surface area contributed by atoms with E-state index in [2.05, 4.69) is 19.1 Å². The molecule has 1 heteroatoms. The maximum atomic E-state index is 12.6. The summed E-state index contributed by atoms with van der Waals surface area (Å²) in [7, 11) is 0. The van der Waals surface area contributed by atoms with Gasteiger partial charge in [-0.15, -0.1) is 0 Å². The van der Waals surface area contributed by atoms with Crippen LogP contribution in [0.25, 0.3) is 0 Å². The van der Waals surface area contributed by atoms with Gasteiger partial charge in [0.15, 0.2) is 0 Å². The van der Waals surface area contributed by atoms with Gasteiger partial charge in [0.2, 0.25) is 0 Å². The highest BCUT2D eigenvalue weighted by atomic mass is 19.1. The third-order valence-electron chi connectivity index (χ3n) is 2.05. The second-order valence-electron chi connectivity index (χ2n) is 3.23. The van der Waals surface area contributed by atoms with Gasteiger partial charge < -0.3 is 0 Å². The summed E-state index contributed by atoms with van der Waals surface area (Å²) < 4.78 is 12.6. The van der Waals surface area contributed by atoms with Gasteiger partial charge >= 0.3 is 0 Å². The van der Waals surface area contributed by atoms with Gasteiger partial charge in [-0.2, -0.15) is 0 Å².